The third-order valence-electron chi connectivity index (χ3n) is 2.49. The molecule has 0 saturated heterocycles. The predicted octanol–water partition coefficient (Wildman–Crippen LogP) is 4.08. The molecule has 0 spiro atoms. The molecule has 0 N–H and O–H groups in total. The van der Waals surface area contributed by atoms with Gasteiger partial charge in [0, 0.05) is 14.3 Å². The molecule has 0 fully saturated rings. The third kappa shape index (κ3) is 4.45. The maximum Gasteiger partial charge on any atom is 0.319 e. The number of carbonyl (C=O) groups is 2. The highest BCUT2D eigenvalue weighted by Crippen LogP contribution is 2.34. The van der Waals surface area contributed by atoms with Crippen LogP contribution in [0.3, 0.4) is 0 Å². The molecule has 0 aliphatic carbocycles. The molecule has 1 amide bonds. The number of methoxy groups -OCH3 is 1. The molecule has 0 saturated carbocycles. The highest BCUT2D eigenvalue weighted by molar-refractivity contribution is 9.10. The summed E-state index contributed by atoms with van der Waals surface area (Å²) in [4.78, 5) is 25.9. The highest BCUT2D eigenvalue weighted by Gasteiger charge is 2.22. The standard InChI is InChI=1S/C12H11BrFN3O3S/c1-3-9(12(19)20-2)21-10-4-6(11(18)16-17-15)8(14)5-7(10)13/h4-5,9H,3H2,1-2H3. The fourth-order valence-corrected chi connectivity index (χ4v) is 3.08. The molecule has 6 nitrogen and oxygen atoms in total. The van der Waals surface area contributed by atoms with Crippen LogP contribution < -0.4 is 0 Å². The molecule has 1 aromatic carbocycles. The van der Waals surface area contributed by atoms with Gasteiger partial charge >= 0.3 is 5.97 Å². The van der Waals surface area contributed by atoms with Crippen LogP contribution in [0.4, 0.5) is 4.39 Å². The van der Waals surface area contributed by atoms with Crippen LogP contribution in [-0.4, -0.2) is 24.2 Å². The van der Waals surface area contributed by atoms with Gasteiger partial charge in [-0.05, 0) is 45.1 Å². The highest BCUT2D eigenvalue weighted by atomic mass is 79.9. The fourth-order valence-electron chi connectivity index (χ4n) is 1.46. The number of esters is 1. The summed E-state index contributed by atoms with van der Waals surface area (Å²) in [6, 6.07) is 2.33. The molecule has 1 unspecified atom stereocenters. The van der Waals surface area contributed by atoms with Crippen molar-refractivity contribution in [2.75, 3.05) is 7.11 Å². The second kappa shape index (κ2) is 8.02. The Morgan fingerprint density at radius 2 is 2.24 bits per heavy atom. The summed E-state index contributed by atoms with van der Waals surface area (Å²) in [6.45, 7) is 1.80. The van der Waals surface area contributed by atoms with Crippen molar-refractivity contribution in [1.82, 2.24) is 0 Å². The Bertz CT molecular complexity index is 620. The number of thioether (sulfide) groups is 1. The second-order valence-corrected chi connectivity index (χ2v) is 5.89. The maximum absolute atomic E-state index is 13.7. The van der Waals surface area contributed by atoms with E-state index in [1.165, 1.54) is 13.2 Å². The third-order valence-corrected chi connectivity index (χ3v) is 4.81. The molecule has 0 heterocycles. The van der Waals surface area contributed by atoms with Gasteiger partial charge in [-0.1, -0.05) is 6.92 Å². The van der Waals surface area contributed by atoms with E-state index in [2.05, 4.69) is 30.7 Å². The first-order chi connectivity index (χ1) is 9.94. The fraction of sp³-hybridized carbons (Fsp3) is 0.333. The summed E-state index contributed by atoms with van der Waals surface area (Å²) in [7, 11) is 1.28. The summed E-state index contributed by atoms with van der Waals surface area (Å²) in [5.41, 5.74) is 7.89. The van der Waals surface area contributed by atoms with Crippen LogP contribution in [0.1, 0.15) is 23.7 Å². The second-order valence-electron chi connectivity index (χ2n) is 3.79. The van der Waals surface area contributed by atoms with Gasteiger partial charge in [-0.15, -0.1) is 11.8 Å². The number of rotatable bonds is 5. The minimum Gasteiger partial charge on any atom is -0.468 e. The van der Waals surface area contributed by atoms with Gasteiger partial charge in [0.15, 0.2) is 0 Å². The number of benzene rings is 1. The topological polar surface area (TPSA) is 92.1 Å². The van der Waals surface area contributed by atoms with Crippen LogP contribution >= 0.6 is 27.7 Å². The average molecular weight is 376 g/mol. The van der Waals surface area contributed by atoms with E-state index < -0.39 is 22.9 Å². The monoisotopic (exact) mass is 375 g/mol. The van der Waals surface area contributed by atoms with Crippen LogP contribution in [0.2, 0.25) is 0 Å². The van der Waals surface area contributed by atoms with Gasteiger partial charge in [-0.25, -0.2) is 4.39 Å². The molecule has 1 atom stereocenters. The Kier molecular flexibility index (Phi) is 6.67. The lowest BCUT2D eigenvalue weighted by molar-refractivity contribution is -0.140. The number of carbonyl (C=O) groups excluding carboxylic acids is 2. The minimum atomic E-state index is -1.02. The van der Waals surface area contributed by atoms with E-state index in [0.29, 0.717) is 15.8 Å². The molecule has 1 aromatic rings. The number of azide groups is 1. The van der Waals surface area contributed by atoms with E-state index in [4.69, 9.17) is 5.53 Å². The Hall–Kier alpha value is -1.57. The first-order valence-corrected chi connectivity index (χ1v) is 7.44. The van der Waals surface area contributed by atoms with Crippen molar-refractivity contribution in [2.24, 2.45) is 5.11 Å². The first kappa shape index (κ1) is 17.5. The summed E-state index contributed by atoms with van der Waals surface area (Å²) < 4.78 is 18.8. The van der Waals surface area contributed by atoms with E-state index in [-0.39, 0.29) is 5.56 Å². The molecule has 0 aliphatic rings. The van der Waals surface area contributed by atoms with Crippen LogP contribution in [0.25, 0.3) is 10.4 Å². The molecule has 9 heteroatoms. The molecule has 1 rings (SSSR count). The lowest BCUT2D eigenvalue weighted by Gasteiger charge is -2.14. The molecule has 112 valence electrons. The molecular formula is C12H11BrFN3O3S. The van der Waals surface area contributed by atoms with Crippen molar-refractivity contribution in [3.05, 3.63) is 38.4 Å². The van der Waals surface area contributed by atoms with Crippen molar-refractivity contribution in [3.8, 4) is 0 Å². The normalized spacial score (nSPS) is 11.4. The Morgan fingerprint density at radius 1 is 1.57 bits per heavy atom. The molecule has 21 heavy (non-hydrogen) atoms. The predicted molar refractivity (Wildman–Crippen MR) is 79.5 cm³/mol. The Morgan fingerprint density at radius 3 is 2.76 bits per heavy atom. The summed E-state index contributed by atoms with van der Waals surface area (Å²) in [6.07, 6.45) is 0.501. The zero-order valence-electron chi connectivity index (χ0n) is 11.2. The number of halogens is 2. The Labute approximate surface area is 132 Å². The number of amides is 1. The van der Waals surface area contributed by atoms with Crippen molar-refractivity contribution < 1.29 is 18.7 Å². The van der Waals surface area contributed by atoms with Crippen molar-refractivity contribution >= 4 is 39.6 Å². The Balaban J connectivity index is 3.18. The number of hydrogen-bond donors (Lipinski definition) is 0. The van der Waals surface area contributed by atoms with Crippen LogP contribution in [-0.2, 0) is 9.53 Å². The smallest absolute Gasteiger partial charge is 0.319 e. The zero-order valence-corrected chi connectivity index (χ0v) is 13.6. The van der Waals surface area contributed by atoms with E-state index in [9.17, 15) is 14.0 Å². The SMILES string of the molecule is CCC(Sc1cc(C(=O)N=[N+]=[N-])c(F)cc1Br)C(=O)OC. The van der Waals surface area contributed by atoms with Crippen LogP contribution in [0.15, 0.2) is 26.6 Å². The van der Waals surface area contributed by atoms with E-state index in [0.717, 1.165) is 17.8 Å². The summed E-state index contributed by atoms with van der Waals surface area (Å²) >= 11 is 4.30. The lowest BCUT2D eigenvalue weighted by Crippen LogP contribution is -2.17. The molecule has 0 bridgehead atoms. The van der Waals surface area contributed by atoms with Crippen molar-refractivity contribution in [1.29, 1.82) is 0 Å². The minimum absolute atomic E-state index is 0.349. The summed E-state index contributed by atoms with van der Waals surface area (Å²) in [5, 5.41) is 2.38. The van der Waals surface area contributed by atoms with Crippen molar-refractivity contribution in [3.63, 3.8) is 0 Å². The van der Waals surface area contributed by atoms with Gasteiger partial charge in [0.05, 0.1) is 12.7 Å². The van der Waals surface area contributed by atoms with Crippen LogP contribution in [0.5, 0.6) is 0 Å². The largest absolute Gasteiger partial charge is 0.468 e. The lowest BCUT2D eigenvalue weighted by atomic mass is 10.2. The zero-order chi connectivity index (χ0) is 16.0. The van der Waals surface area contributed by atoms with Gasteiger partial charge in [-0.3, -0.25) is 9.59 Å². The maximum atomic E-state index is 13.7. The van der Waals surface area contributed by atoms with Gasteiger partial charge in [0.2, 0.25) is 0 Å². The van der Waals surface area contributed by atoms with E-state index >= 15 is 0 Å². The molecule has 0 aromatic heterocycles. The van der Waals surface area contributed by atoms with E-state index in [1.54, 1.807) is 6.92 Å². The quantitative estimate of drug-likeness (QED) is 0.254. The first-order valence-electron chi connectivity index (χ1n) is 5.77. The van der Waals surface area contributed by atoms with Crippen molar-refractivity contribution in [2.45, 2.75) is 23.5 Å². The van der Waals surface area contributed by atoms with Gasteiger partial charge in [0.1, 0.15) is 11.1 Å². The van der Waals surface area contributed by atoms with Crippen LogP contribution in [0, 0.1) is 5.82 Å². The van der Waals surface area contributed by atoms with Gasteiger partial charge in [-0.2, -0.15) is 0 Å². The number of nitrogens with zero attached hydrogens (tertiary/aromatic N) is 3. The summed E-state index contributed by atoms with van der Waals surface area (Å²) in [5.74, 6) is -2.24. The number of ether oxygens (including phenoxy) is 1. The average Bonchev–Trinajstić information content (AvgIpc) is 2.45. The number of hydrogen-bond acceptors (Lipinski definition) is 4. The van der Waals surface area contributed by atoms with Gasteiger partial charge in [0.25, 0.3) is 5.91 Å². The van der Waals surface area contributed by atoms with Gasteiger partial charge < -0.3 is 4.74 Å². The molecule has 0 aliphatic heterocycles. The van der Waals surface area contributed by atoms with E-state index in [1.807, 2.05) is 0 Å². The molecule has 0 radical (unpaired) electrons. The molecular weight excluding hydrogens is 365 g/mol.